The van der Waals surface area contributed by atoms with Crippen molar-refractivity contribution < 1.29 is 20.2 Å². The van der Waals surface area contributed by atoms with E-state index in [4.69, 9.17) is 0 Å². The van der Waals surface area contributed by atoms with Gasteiger partial charge in [0.1, 0.15) is 11.5 Å². The van der Waals surface area contributed by atoms with Gasteiger partial charge in [-0.3, -0.25) is 15.1 Å². The molecule has 0 aromatic heterocycles. The van der Waals surface area contributed by atoms with Gasteiger partial charge in [-0.25, -0.2) is 0 Å². The van der Waals surface area contributed by atoms with Gasteiger partial charge in [-0.15, -0.1) is 0 Å². The Morgan fingerprint density at radius 3 is 2.65 bits per heavy atom. The molecule has 0 saturated heterocycles. The van der Waals surface area contributed by atoms with Gasteiger partial charge in [-0.1, -0.05) is 6.08 Å². The number of phenols is 2. The molecule has 5 nitrogen and oxygen atoms in total. The van der Waals surface area contributed by atoms with Crippen LogP contribution in [-0.4, -0.2) is 26.3 Å². The van der Waals surface area contributed by atoms with Crippen molar-refractivity contribution in [2.45, 2.75) is 13.5 Å². The molecule has 0 bridgehead atoms. The Morgan fingerprint density at radius 2 is 2.00 bits per heavy atom. The molecule has 1 aromatic rings. The van der Waals surface area contributed by atoms with Crippen molar-refractivity contribution in [3.05, 3.63) is 59.3 Å². The maximum atomic E-state index is 11.7. The Labute approximate surface area is 116 Å². The largest absolute Gasteiger partial charge is 0.508 e. The molecule has 1 aliphatic carbocycles. The van der Waals surface area contributed by atoms with E-state index in [1.165, 1.54) is 30.5 Å². The maximum Gasteiger partial charge on any atom is 0.187 e. The van der Waals surface area contributed by atoms with Crippen LogP contribution >= 0.6 is 0 Å². The van der Waals surface area contributed by atoms with Gasteiger partial charge in [-0.2, -0.15) is 0 Å². The van der Waals surface area contributed by atoms with Crippen LogP contribution in [-0.2, 0) is 11.3 Å². The third kappa shape index (κ3) is 3.27. The first-order chi connectivity index (χ1) is 9.45. The molecular formula is C15H15NO4. The molecule has 0 unspecified atom stereocenters. The minimum atomic E-state index is -0.182. The summed E-state index contributed by atoms with van der Waals surface area (Å²) in [7, 11) is 0. The molecule has 2 rings (SSSR count). The van der Waals surface area contributed by atoms with Gasteiger partial charge in [0.15, 0.2) is 5.78 Å². The molecule has 3 N–H and O–H groups in total. The first-order valence-corrected chi connectivity index (χ1v) is 6.04. The van der Waals surface area contributed by atoms with Crippen molar-refractivity contribution in [2.75, 3.05) is 0 Å². The highest BCUT2D eigenvalue weighted by molar-refractivity contribution is 6.07. The highest BCUT2D eigenvalue weighted by Crippen LogP contribution is 2.24. The van der Waals surface area contributed by atoms with Crippen molar-refractivity contribution in [3.63, 3.8) is 0 Å². The van der Waals surface area contributed by atoms with Crippen molar-refractivity contribution >= 4 is 5.78 Å². The van der Waals surface area contributed by atoms with Crippen LogP contribution in [0.15, 0.2) is 53.8 Å². The van der Waals surface area contributed by atoms with Crippen LogP contribution in [0.2, 0.25) is 0 Å². The first kappa shape index (κ1) is 13.9. The summed E-state index contributed by atoms with van der Waals surface area (Å²) >= 11 is 0. The molecular weight excluding hydrogens is 258 g/mol. The van der Waals surface area contributed by atoms with Crippen LogP contribution in [0.1, 0.15) is 12.5 Å². The normalized spacial score (nSPS) is 16.4. The van der Waals surface area contributed by atoms with Gasteiger partial charge in [-0.05, 0) is 36.8 Å². The zero-order valence-corrected chi connectivity index (χ0v) is 10.9. The molecule has 0 amide bonds. The number of rotatable bonds is 3. The average Bonchev–Trinajstić information content (AvgIpc) is 2.36. The molecule has 0 atom stereocenters. The van der Waals surface area contributed by atoms with E-state index in [2.05, 4.69) is 0 Å². The summed E-state index contributed by atoms with van der Waals surface area (Å²) in [6.07, 6.45) is 6.18. The molecule has 20 heavy (non-hydrogen) atoms. The van der Waals surface area contributed by atoms with E-state index < -0.39 is 0 Å². The van der Waals surface area contributed by atoms with Crippen LogP contribution in [0.3, 0.4) is 0 Å². The number of aromatic hydroxyl groups is 2. The van der Waals surface area contributed by atoms with E-state index in [1.807, 2.05) is 6.92 Å². The van der Waals surface area contributed by atoms with Crippen molar-refractivity contribution in [1.29, 1.82) is 0 Å². The Balaban J connectivity index is 2.11. The minimum absolute atomic E-state index is 0.000566. The van der Waals surface area contributed by atoms with E-state index in [0.29, 0.717) is 11.1 Å². The quantitative estimate of drug-likeness (QED) is 0.581. The number of nitrogens with zero attached hydrogens (tertiary/aromatic N) is 1. The summed E-state index contributed by atoms with van der Waals surface area (Å²) in [5.41, 5.74) is 1.64. The molecule has 1 aromatic carbocycles. The lowest BCUT2D eigenvalue weighted by Crippen LogP contribution is -2.14. The van der Waals surface area contributed by atoms with Crippen LogP contribution in [0.4, 0.5) is 0 Å². The maximum absolute atomic E-state index is 11.7. The predicted molar refractivity (Wildman–Crippen MR) is 73.1 cm³/mol. The second kappa shape index (κ2) is 5.63. The Bertz CT molecular complexity index is 629. The van der Waals surface area contributed by atoms with Crippen molar-refractivity contribution in [2.24, 2.45) is 0 Å². The van der Waals surface area contributed by atoms with Crippen molar-refractivity contribution in [3.8, 4) is 11.5 Å². The fourth-order valence-electron chi connectivity index (χ4n) is 1.81. The van der Waals surface area contributed by atoms with E-state index >= 15 is 0 Å². The highest BCUT2D eigenvalue weighted by atomic mass is 16.5. The van der Waals surface area contributed by atoms with Gasteiger partial charge in [0, 0.05) is 23.4 Å². The highest BCUT2D eigenvalue weighted by Gasteiger charge is 2.11. The molecule has 0 radical (unpaired) electrons. The smallest absolute Gasteiger partial charge is 0.187 e. The van der Waals surface area contributed by atoms with Gasteiger partial charge in [0.2, 0.25) is 0 Å². The minimum Gasteiger partial charge on any atom is -0.508 e. The topological polar surface area (TPSA) is 81.0 Å². The molecule has 5 heteroatoms. The van der Waals surface area contributed by atoms with Gasteiger partial charge < -0.3 is 10.2 Å². The van der Waals surface area contributed by atoms with E-state index in [9.17, 15) is 20.2 Å². The second-order valence-corrected chi connectivity index (χ2v) is 4.58. The zero-order valence-electron chi connectivity index (χ0n) is 10.9. The number of hydrogen-bond donors (Lipinski definition) is 3. The monoisotopic (exact) mass is 273 g/mol. The average molecular weight is 273 g/mol. The van der Waals surface area contributed by atoms with Gasteiger partial charge in [0.25, 0.3) is 0 Å². The fourth-order valence-corrected chi connectivity index (χ4v) is 1.81. The number of benzene rings is 1. The molecule has 0 spiro atoms. The van der Waals surface area contributed by atoms with Crippen molar-refractivity contribution in [1.82, 2.24) is 5.06 Å². The third-order valence-corrected chi connectivity index (χ3v) is 2.86. The molecule has 0 aliphatic heterocycles. The van der Waals surface area contributed by atoms with Crippen LogP contribution < -0.4 is 0 Å². The van der Waals surface area contributed by atoms with Crippen LogP contribution in [0.25, 0.3) is 0 Å². The first-order valence-electron chi connectivity index (χ1n) is 6.04. The number of phenolic OH excluding ortho intramolecular Hbond substituents is 2. The molecule has 0 heterocycles. The number of carbonyl (C=O) groups excluding carboxylic acids is 1. The number of ketones is 1. The lowest BCUT2D eigenvalue weighted by atomic mass is 10.0. The second-order valence-electron chi connectivity index (χ2n) is 4.58. The summed E-state index contributed by atoms with van der Waals surface area (Å²) in [6.45, 7) is 1.82. The third-order valence-electron chi connectivity index (χ3n) is 2.86. The summed E-state index contributed by atoms with van der Waals surface area (Å²) in [5.74, 6) is -0.359. The number of hydrogen-bond acceptors (Lipinski definition) is 5. The molecule has 104 valence electrons. The summed E-state index contributed by atoms with van der Waals surface area (Å²) in [5, 5.41) is 29.4. The van der Waals surface area contributed by atoms with E-state index in [0.717, 1.165) is 10.6 Å². The Hall–Kier alpha value is -2.53. The van der Waals surface area contributed by atoms with Crippen LogP contribution in [0, 0.1) is 0 Å². The zero-order chi connectivity index (χ0) is 14.7. The fraction of sp³-hybridized carbons (Fsp3) is 0.133. The van der Waals surface area contributed by atoms with E-state index in [-0.39, 0.29) is 23.8 Å². The Kier molecular flexibility index (Phi) is 3.91. The number of hydroxylamine groups is 2. The Morgan fingerprint density at radius 1 is 1.25 bits per heavy atom. The molecule has 0 saturated carbocycles. The predicted octanol–water partition coefficient (Wildman–Crippen LogP) is 2.26. The summed E-state index contributed by atoms with van der Waals surface area (Å²) in [4.78, 5) is 11.7. The number of allylic oxidation sites excluding steroid dienone is 5. The van der Waals surface area contributed by atoms with Gasteiger partial charge in [0.05, 0.1) is 6.54 Å². The SMILES string of the molecule is CC1=CC(=O)C(=CN(O)Cc2ccc(O)cc2O)C=C1. The standard InChI is InChI=1S/C15H15NO4/c1-10-2-3-11(14(18)6-10)8-16(20)9-12-4-5-13(17)7-15(12)19/h2-8,17,19-20H,9H2,1H3. The molecule has 0 fully saturated rings. The van der Waals surface area contributed by atoms with Crippen LogP contribution in [0.5, 0.6) is 11.5 Å². The lowest BCUT2D eigenvalue weighted by Gasteiger charge is -2.15. The van der Waals surface area contributed by atoms with E-state index in [1.54, 1.807) is 12.2 Å². The van der Waals surface area contributed by atoms with Gasteiger partial charge >= 0.3 is 0 Å². The summed E-state index contributed by atoms with van der Waals surface area (Å²) in [6, 6.07) is 4.09. The molecule has 1 aliphatic rings. The summed E-state index contributed by atoms with van der Waals surface area (Å²) < 4.78 is 0. The number of carbonyl (C=O) groups is 1. The lowest BCUT2D eigenvalue weighted by molar-refractivity contribution is -0.111.